The molecule has 1 amide bonds. The van der Waals surface area contributed by atoms with E-state index in [1.807, 2.05) is 61.7 Å². The second kappa shape index (κ2) is 9.87. The van der Waals surface area contributed by atoms with Gasteiger partial charge in [-0.2, -0.15) is 4.31 Å². The Hall–Kier alpha value is -2.36. The van der Waals surface area contributed by atoms with Crippen LogP contribution in [0.1, 0.15) is 44.4 Å². The number of aryl methyl sites for hydroxylation is 1. The molecule has 0 unspecified atom stereocenters. The van der Waals surface area contributed by atoms with Gasteiger partial charge < -0.3 is 9.88 Å². The Balaban J connectivity index is 1.72. The zero-order valence-electron chi connectivity index (χ0n) is 19.2. The van der Waals surface area contributed by atoms with Gasteiger partial charge in [-0.1, -0.05) is 55.9 Å². The summed E-state index contributed by atoms with van der Waals surface area (Å²) >= 11 is 1.41. The van der Waals surface area contributed by atoms with Crippen LogP contribution in [0.2, 0.25) is 0 Å². The van der Waals surface area contributed by atoms with E-state index >= 15 is 0 Å². The summed E-state index contributed by atoms with van der Waals surface area (Å²) in [7, 11) is -3.58. The molecule has 9 heteroatoms. The molecule has 1 heterocycles. The normalized spacial score (nSPS) is 15.2. The van der Waals surface area contributed by atoms with E-state index in [9.17, 15) is 13.2 Å². The summed E-state index contributed by atoms with van der Waals surface area (Å²) in [4.78, 5) is 18.1. The van der Waals surface area contributed by atoms with Crippen molar-refractivity contribution in [3.63, 3.8) is 0 Å². The van der Waals surface area contributed by atoms with Crippen LogP contribution < -0.4 is 5.32 Å². The van der Waals surface area contributed by atoms with Gasteiger partial charge in [0, 0.05) is 25.7 Å². The van der Waals surface area contributed by atoms with Crippen LogP contribution in [-0.4, -0.2) is 47.3 Å². The van der Waals surface area contributed by atoms with E-state index in [1.165, 1.54) is 16.1 Å². The first kappa shape index (κ1) is 23.8. The molecular formula is C24H30N4O3S2. The van der Waals surface area contributed by atoms with Gasteiger partial charge in [0.25, 0.3) is 0 Å². The van der Waals surface area contributed by atoms with Crippen molar-refractivity contribution in [2.24, 2.45) is 0 Å². The van der Waals surface area contributed by atoms with Crippen LogP contribution in [0.15, 0.2) is 58.6 Å². The first-order chi connectivity index (χ1) is 15.9. The maximum absolute atomic E-state index is 13.1. The van der Waals surface area contributed by atoms with Crippen LogP contribution >= 0.6 is 11.8 Å². The standard InChI is InChI=1S/C24H30N4O3S2/c1-4-27(5-2)33(30,31)19-14-15-21-20(16-19)26-24(28(21)6-3)32-22(17-10-8-7-9-11-17)23(29)25-18-12-13-18/h7-11,14-16,18,22H,4-6,12-13H2,1-3H3,(H,25,29)/t22-/m0/s1. The largest absolute Gasteiger partial charge is 0.352 e. The number of carbonyl (C=O) groups is 1. The van der Waals surface area contributed by atoms with Gasteiger partial charge in [-0.3, -0.25) is 4.79 Å². The van der Waals surface area contributed by atoms with Gasteiger partial charge >= 0.3 is 0 Å². The summed E-state index contributed by atoms with van der Waals surface area (Å²) in [6.07, 6.45) is 2.05. The molecule has 1 fully saturated rings. The quantitative estimate of drug-likeness (QED) is 0.434. The Kier molecular flexibility index (Phi) is 7.11. The van der Waals surface area contributed by atoms with Crippen molar-refractivity contribution in [3.05, 3.63) is 54.1 Å². The fourth-order valence-corrected chi connectivity index (χ4v) is 6.53. The number of hydrogen-bond acceptors (Lipinski definition) is 5. The van der Waals surface area contributed by atoms with Gasteiger partial charge in [0.1, 0.15) is 5.25 Å². The van der Waals surface area contributed by atoms with Crippen molar-refractivity contribution < 1.29 is 13.2 Å². The van der Waals surface area contributed by atoms with Crippen molar-refractivity contribution in [2.45, 2.75) is 61.5 Å². The third-order valence-electron chi connectivity index (χ3n) is 5.83. The van der Waals surface area contributed by atoms with E-state index in [0.29, 0.717) is 30.3 Å². The fourth-order valence-electron chi connectivity index (χ4n) is 3.87. The third-order valence-corrected chi connectivity index (χ3v) is 9.12. The molecule has 0 aliphatic heterocycles. The molecule has 1 aliphatic carbocycles. The van der Waals surface area contributed by atoms with Crippen LogP contribution in [0.4, 0.5) is 0 Å². The number of nitrogens with zero attached hydrogens (tertiary/aromatic N) is 3. The second-order valence-corrected chi connectivity index (χ2v) is 11.1. The number of sulfonamides is 1. The van der Waals surface area contributed by atoms with E-state index in [2.05, 4.69) is 5.32 Å². The Bertz CT molecular complexity index is 1230. The molecule has 176 valence electrons. The number of nitrogens with one attached hydrogen (secondary N) is 1. The lowest BCUT2D eigenvalue weighted by molar-refractivity contribution is -0.120. The molecular weight excluding hydrogens is 456 g/mol. The Morgan fingerprint density at radius 2 is 1.85 bits per heavy atom. The van der Waals surface area contributed by atoms with E-state index in [-0.39, 0.29) is 16.8 Å². The minimum absolute atomic E-state index is 0.0202. The van der Waals surface area contributed by atoms with Crippen molar-refractivity contribution in [1.82, 2.24) is 19.2 Å². The highest BCUT2D eigenvalue weighted by molar-refractivity contribution is 8.00. The van der Waals surface area contributed by atoms with Crippen LogP contribution in [0.3, 0.4) is 0 Å². The molecule has 1 N–H and O–H groups in total. The fraction of sp³-hybridized carbons (Fsp3) is 0.417. The van der Waals surface area contributed by atoms with Gasteiger partial charge in [0.15, 0.2) is 5.16 Å². The predicted octanol–water partition coefficient (Wildman–Crippen LogP) is 4.20. The topological polar surface area (TPSA) is 84.3 Å². The van der Waals surface area contributed by atoms with E-state index in [4.69, 9.17) is 4.98 Å². The molecule has 7 nitrogen and oxygen atoms in total. The molecule has 0 saturated heterocycles. The molecule has 1 aliphatic rings. The Morgan fingerprint density at radius 1 is 1.15 bits per heavy atom. The highest BCUT2D eigenvalue weighted by Crippen LogP contribution is 2.38. The molecule has 1 atom stereocenters. The Morgan fingerprint density at radius 3 is 2.45 bits per heavy atom. The number of carbonyl (C=O) groups excluding carboxylic acids is 1. The van der Waals surface area contributed by atoms with Crippen molar-refractivity contribution in [2.75, 3.05) is 13.1 Å². The van der Waals surface area contributed by atoms with E-state index in [0.717, 1.165) is 23.9 Å². The number of imidazole rings is 1. The van der Waals surface area contributed by atoms with Gasteiger partial charge in [0.05, 0.1) is 15.9 Å². The molecule has 4 rings (SSSR count). The van der Waals surface area contributed by atoms with E-state index in [1.54, 1.807) is 12.1 Å². The second-order valence-electron chi connectivity index (χ2n) is 8.07. The van der Waals surface area contributed by atoms with E-state index < -0.39 is 15.3 Å². The number of aromatic nitrogens is 2. The zero-order chi connectivity index (χ0) is 23.6. The lowest BCUT2D eigenvalue weighted by Gasteiger charge is -2.18. The number of hydrogen-bond donors (Lipinski definition) is 1. The summed E-state index contributed by atoms with van der Waals surface area (Å²) in [6.45, 7) is 7.17. The highest BCUT2D eigenvalue weighted by atomic mass is 32.2. The highest BCUT2D eigenvalue weighted by Gasteiger charge is 2.30. The van der Waals surface area contributed by atoms with Crippen molar-refractivity contribution in [1.29, 1.82) is 0 Å². The number of amides is 1. The van der Waals surface area contributed by atoms with Crippen LogP contribution in [-0.2, 0) is 21.4 Å². The Labute approximate surface area is 199 Å². The van der Waals surface area contributed by atoms with Crippen molar-refractivity contribution >= 4 is 38.7 Å². The van der Waals surface area contributed by atoms with Gasteiger partial charge in [-0.15, -0.1) is 0 Å². The molecule has 2 aromatic carbocycles. The molecule has 0 spiro atoms. The molecule has 3 aromatic rings. The van der Waals surface area contributed by atoms with Crippen LogP contribution in [0, 0.1) is 0 Å². The minimum atomic E-state index is -3.58. The van der Waals surface area contributed by atoms with Gasteiger partial charge in [0.2, 0.25) is 15.9 Å². The lowest BCUT2D eigenvalue weighted by atomic mass is 10.1. The molecule has 1 saturated carbocycles. The summed E-state index contributed by atoms with van der Waals surface area (Å²) in [6, 6.07) is 15.1. The zero-order valence-corrected chi connectivity index (χ0v) is 20.8. The third kappa shape index (κ3) is 4.95. The minimum Gasteiger partial charge on any atom is -0.352 e. The first-order valence-corrected chi connectivity index (χ1v) is 13.7. The average Bonchev–Trinajstić information content (AvgIpc) is 3.56. The van der Waals surface area contributed by atoms with Crippen LogP contribution in [0.5, 0.6) is 0 Å². The first-order valence-electron chi connectivity index (χ1n) is 11.4. The SMILES string of the molecule is CCN(CC)S(=O)(=O)c1ccc2c(c1)nc(S[C@H](C(=O)NC1CC1)c1ccccc1)n2CC. The van der Waals surface area contributed by atoms with Crippen molar-refractivity contribution in [3.8, 4) is 0 Å². The van der Waals surface area contributed by atoms with Gasteiger partial charge in [-0.25, -0.2) is 13.4 Å². The summed E-state index contributed by atoms with van der Waals surface area (Å²) < 4.78 is 29.5. The number of benzene rings is 2. The maximum Gasteiger partial charge on any atom is 0.243 e. The molecule has 0 radical (unpaired) electrons. The molecule has 33 heavy (non-hydrogen) atoms. The number of thioether (sulfide) groups is 1. The summed E-state index contributed by atoms with van der Waals surface area (Å²) in [5.41, 5.74) is 2.38. The number of rotatable bonds is 10. The van der Waals surface area contributed by atoms with Crippen LogP contribution in [0.25, 0.3) is 11.0 Å². The summed E-state index contributed by atoms with van der Waals surface area (Å²) in [5, 5.41) is 3.38. The average molecular weight is 487 g/mol. The smallest absolute Gasteiger partial charge is 0.243 e. The lowest BCUT2D eigenvalue weighted by Crippen LogP contribution is -2.30. The predicted molar refractivity (Wildman–Crippen MR) is 132 cm³/mol. The monoisotopic (exact) mass is 486 g/mol. The summed E-state index contributed by atoms with van der Waals surface area (Å²) in [5.74, 6) is -0.0202. The van der Waals surface area contributed by atoms with Gasteiger partial charge in [-0.05, 0) is 43.5 Å². The molecule has 1 aromatic heterocycles. The maximum atomic E-state index is 13.1. The molecule has 0 bridgehead atoms. The number of fused-ring (bicyclic) bond motifs is 1.